The molecule has 0 saturated carbocycles. The monoisotopic (exact) mass is 205 g/mol. The van der Waals surface area contributed by atoms with Crippen LogP contribution in [-0.2, 0) is 4.79 Å². The number of rotatable bonds is 5. The van der Waals surface area contributed by atoms with Crippen LogP contribution in [0.2, 0.25) is 0 Å². The Balaban J connectivity index is -0.000000107. The molecular formula is C12H31NO. The van der Waals surface area contributed by atoms with Crippen LogP contribution in [0.15, 0.2) is 0 Å². The lowest BCUT2D eigenvalue weighted by atomic mass is 10.2. The van der Waals surface area contributed by atoms with Crippen LogP contribution in [0.3, 0.4) is 0 Å². The molecule has 14 heavy (non-hydrogen) atoms. The third-order valence-electron chi connectivity index (χ3n) is 1.40. The van der Waals surface area contributed by atoms with Crippen LogP contribution in [-0.4, -0.2) is 12.5 Å². The second kappa shape index (κ2) is 22.9. The zero-order chi connectivity index (χ0) is 11.8. The van der Waals surface area contributed by atoms with E-state index in [0.29, 0.717) is 0 Å². The molecular weight excluding hydrogens is 174 g/mol. The average molecular weight is 205 g/mol. The standard InChI is InChI=1S/C8H17NO.2C2H6.H2/c1-3-4-5-6-7-9-8(2)10;2*1-2;/h3-7H2,1-2H3,(H,9,10);2*1-2H3;1H. The van der Waals surface area contributed by atoms with Crippen molar-refractivity contribution in [2.75, 3.05) is 6.54 Å². The summed E-state index contributed by atoms with van der Waals surface area (Å²) in [6, 6.07) is 0. The van der Waals surface area contributed by atoms with Crippen molar-refractivity contribution in [2.24, 2.45) is 0 Å². The lowest BCUT2D eigenvalue weighted by molar-refractivity contribution is -0.118. The van der Waals surface area contributed by atoms with Crippen LogP contribution >= 0.6 is 0 Å². The number of hydrogen-bond acceptors (Lipinski definition) is 1. The van der Waals surface area contributed by atoms with E-state index in [-0.39, 0.29) is 7.33 Å². The van der Waals surface area contributed by atoms with Gasteiger partial charge in [0.1, 0.15) is 0 Å². The van der Waals surface area contributed by atoms with Gasteiger partial charge in [-0.1, -0.05) is 53.9 Å². The fraction of sp³-hybridized carbons (Fsp3) is 0.917. The van der Waals surface area contributed by atoms with E-state index in [0.717, 1.165) is 13.0 Å². The molecule has 0 saturated heterocycles. The fourth-order valence-corrected chi connectivity index (χ4v) is 0.816. The summed E-state index contributed by atoms with van der Waals surface area (Å²) in [4.78, 5) is 10.4. The first-order valence-electron chi connectivity index (χ1n) is 6.01. The topological polar surface area (TPSA) is 29.1 Å². The predicted molar refractivity (Wildman–Crippen MR) is 67.6 cm³/mol. The van der Waals surface area contributed by atoms with Gasteiger partial charge in [0.05, 0.1) is 0 Å². The first kappa shape index (κ1) is 19.1. The van der Waals surface area contributed by atoms with Gasteiger partial charge in [0, 0.05) is 14.9 Å². The highest BCUT2D eigenvalue weighted by Crippen LogP contribution is 1.96. The lowest BCUT2D eigenvalue weighted by Gasteiger charge is -1.99. The van der Waals surface area contributed by atoms with Gasteiger partial charge in [-0.2, -0.15) is 0 Å². The summed E-state index contributed by atoms with van der Waals surface area (Å²) >= 11 is 0. The summed E-state index contributed by atoms with van der Waals surface area (Å²) < 4.78 is 0. The molecule has 0 rings (SSSR count). The van der Waals surface area contributed by atoms with Gasteiger partial charge >= 0.3 is 0 Å². The largest absolute Gasteiger partial charge is 0.356 e. The first-order valence-corrected chi connectivity index (χ1v) is 6.01. The number of hydrogen-bond donors (Lipinski definition) is 1. The highest BCUT2D eigenvalue weighted by molar-refractivity contribution is 5.72. The second-order valence-electron chi connectivity index (χ2n) is 2.54. The molecule has 0 aromatic heterocycles. The zero-order valence-electron chi connectivity index (χ0n) is 10.9. The number of amides is 1. The van der Waals surface area contributed by atoms with Crippen molar-refractivity contribution in [3.8, 4) is 0 Å². The Bertz CT molecular complexity index is 97.6. The summed E-state index contributed by atoms with van der Waals surface area (Å²) in [6.07, 6.45) is 4.88. The van der Waals surface area contributed by atoms with Crippen LogP contribution in [0.5, 0.6) is 0 Å². The normalized spacial score (nSPS) is 7.57. The SMILES string of the molecule is CC.CC.CCCCCCNC(C)=O.[HH]. The van der Waals surface area contributed by atoms with Crippen molar-refractivity contribution < 1.29 is 6.22 Å². The van der Waals surface area contributed by atoms with Crippen LogP contribution in [0.4, 0.5) is 0 Å². The van der Waals surface area contributed by atoms with Crippen molar-refractivity contribution in [3.63, 3.8) is 0 Å². The van der Waals surface area contributed by atoms with Crippen LogP contribution < -0.4 is 5.32 Å². The van der Waals surface area contributed by atoms with E-state index in [1.165, 1.54) is 19.3 Å². The molecule has 0 fully saturated rings. The highest BCUT2D eigenvalue weighted by Gasteiger charge is 1.89. The van der Waals surface area contributed by atoms with Gasteiger partial charge < -0.3 is 5.32 Å². The molecule has 0 unspecified atom stereocenters. The van der Waals surface area contributed by atoms with E-state index in [2.05, 4.69) is 12.2 Å². The van der Waals surface area contributed by atoms with E-state index in [9.17, 15) is 4.79 Å². The second-order valence-corrected chi connectivity index (χ2v) is 2.54. The highest BCUT2D eigenvalue weighted by atomic mass is 16.1. The molecule has 0 spiro atoms. The predicted octanol–water partition coefficient (Wildman–Crippen LogP) is 4.00. The molecule has 0 heterocycles. The minimum atomic E-state index is 0. The van der Waals surface area contributed by atoms with Crippen LogP contribution in [0.25, 0.3) is 0 Å². The van der Waals surface area contributed by atoms with E-state index in [1.807, 2.05) is 27.7 Å². The summed E-state index contributed by atoms with van der Waals surface area (Å²) in [5, 5.41) is 2.77. The third kappa shape index (κ3) is 30.0. The molecule has 0 radical (unpaired) electrons. The molecule has 0 bridgehead atoms. The van der Waals surface area contributed by atoms with Gasteiger partial charge in [0.15, 0.2) is 0 Å². The maximum absolute atomic E-state index is 10.4. The fourth-order valence-electron chi connectivity index (χ4n) is 0.816. The maximum atomic E-state index is 10.4. The molecule has 0 atom stereocenters. The summed E-state index contributed by atoms with van der Waals surface area (Å²) in [7, 11) is 0. The van der Waals surface area contributed by atoms with Gasteiger partial charge in [-0.05, 0) is 6.42 Å². The molecule has 2 heteroatoms. The number of carbonyl (C=O) groups is 1. The molecule has 1 N–H and O–H groups in total. The van der Waals surface area contributed by atoms with E-state index in [1.54, 1.807) is 6.92 Å². The minimum Gasteiger partial charge on any atom is -0.356 e. The number of unbranched alkanes of at least 4 members (excludes halogenated alkanes) is 3. The molecule has 0 aliphatic heterocycles. The lowest BCUT2D eigenvalue weighted by Crippen LogP contribution is -2.20. The van der Waals surface area contributed by atoms with Gasteiger partial charge in [0.2, 0.25) is 5.91 Å². The summed E-state index contributed by atoms with van der Waals surface area (Å²) in [6.45, 7) is 12.6. The zero-order valence-corrected chi connectivity index (χ0v) is 10.9. The summed E-state index contributed by atoms with van der Waals surface area (Å²) in [5.41, 5.74) is 0. The molecule has 1 amide bonds. The Kier molecular flexibility index (Phi) is 31.2. The van der Waals surface area contributed by atoms with Crippen molar-refractivity contribution in [2.45, 2.75) is 67.2 Å². The van der Waals surface area contributed by atoms with E-state index in [4.69, 9.17) is 0 Å². The smallest absolute Gasteiger partial charge is 0.216 e. The molecule has 0 aromatic rings. The van der Waals surface area contributed by atoms with Gasteiger partial charge in [-0.3, -0.25) is 4.79 Å². The molecule has 0 aromatic carbocycles. The minimum absolute atomic E-state index is 0. The Morgan fingerprint density at radius 2 is 1.57 bits per heavy atom. The summed E-state index contributed by atoms with van der Waals surface area (Å²) in [5.74, 6) is 0.0801. The Morgan fingerprint density at radius 3 is 1.93 bits per heavy atom. The van der Waals surface area contributed by atoms with Crippen LogP contribution in [0, 0.1) is 0 Å². The van der Waals surface area contributed by atoms with Crippen molar-refractivity contribution in [1.29, 1.82) is 0 Å². The van der Waals surface area contributed by atoms with Gasteiger partial charge in [0.25, 0.3) is 0 Å². The van der Waals surface area contributed by atoms with E-state index >= 15 is 0 Å². The Morgan fingerprint density at radius 1 is 1.07 bits per heavy atom. The third-order valence-corrected chi connectivity index (χ3v) is 1.40. The van der Waals surface area contributed by atoms with Gasteiger partial charge in [-0.15, -0.1) is 0 Å². The van der Waals surface area contributed by atoms with E-state index < -0.39 is 0 Å². The number of carbonyl (C=O) groups excluding carboxylic acids is 1. The Hall–Kier alpha value is -0.530. The number of nitrogens with one attached hydrogen (secondary N) is 1. The quantitative estimate of drug-likeness (QED) is 0.675. The molecule has 2 nitrogen and oxygen atoms in total. The van der Waals surface area contributed by atoms with Crippen LogP contribution in [0.1, 0.15) is 68.7 Å². The molecule has 90 valence electrons. The average Bonchev–Trinajstić information content (AvgIpc) is 2.23. The first-order chi connectivity index (χ1) is 6.77. The van der Waals surface area contributed by atoms with Crippen molar-refractivity contribution in [1.82, 2.24) is 5.32 Å². The van der Waals surface area contributed by atoms with Crippen molar-refractivity contribution >= 4 is 5.91 Å². The molecule has 0 aliphatic carbocycles. The molecule has 0 aliphatic rings. The maximum Gasteiger partial charge on any atom is 0.216 e. The Labute approximate surface area is 92.0 Å². The van der Waals surface area contributed by atoms with Crippen molar-refractivity contribution in [3.05, 3.63) is 0 Å². The van der Waals surface area contributed by atoms with Gasteiger partial charge in [-0.25, -0.2) is 0 Å².